The van der Waals surface area contributed by atoms with Crippen LogP contribution in [0.4, 0.5) is 16.9 Å². The first-order valence-corrected chi connectivity index (χ1v) is 20.7. The molecule has 43 heavy (non-hydrogen) atoms. The SMILES string of the molecule is CC[S+](Cc1ccc(C#N)cc1)c1cccc(-c2c3ccccc3cc3cc4ccccc4cc23)c1.[F][Sb-]([F])([F])([F])([F])[F]. The molecular formula is C34H26F6NSSb. The van der Waals surface area contributed by atoms with Gasteiger partial charge in [-0.2, -0.15) is 5.26 Å². The molecule has 0 aliphatic rings. The summed E-state index contributed by atoms with van der Waals surface area (Å²) in [6.45, 7) is 2.28. The van der Waals surface area contributed by atoms with Crippen molar-refractivity contribution < 1.29 is 16.9 Å². The van der Waals surface area contributed by atoms with Gasteiger partial charge < -0.3 is 0 Å². The number of halogens is 6. The molecule has 0 fully saturated rings. The molecule has 0 aliphatic heterocycles. The molecule has 1 atom stereocenters. The van der Waals surface area contributed by atoms with E-state index in [0.29, 0.717) is 5.56 Å². The van der Waals surface area contributed by atoms with Gasteiger partial charge in [0.2, 0.25) is 0 Å². The van der Waals surface area contributed by atoms with Crippen LogP contribution in [-0.2, 0) is 16.6 Å². The van der Waals surface area contributed by atoms with E-state index in [2.05, 4.69) is 116 Å². The average molecular weight is 716 g/mol. The molecule has 0 N–H and O–H groups in total. The Labute approximate surface area is 250 Å². The molecule has 1 nitrogen and oxygen atoms in total. The average Bonchev–Trinajstić information content (AvgIpc) is 2.96. The molecule has 6 aromatic carbocycles. The number of nitrogens with zero attached hydrogens (tertiary/aromatic N) is 1. The van der Waals surface area contributed by atoms with Gasteiger partial charge in [0.25, 0.3) is 0 Å². The third-order valence-electron chi connectivity index (χ3n) is 6.96. The van der Waals surface area contributed by atoms with E-state index in [9.17, 15) is 16.9 Å². The molecule has 0 heterocycles. The summed E-state index contributed by atoms with van der Waals surface area (Å²) in [7, 11) is 0.0890. The van der Waals surface area contributed by atoms with Crippen molar-refractivity contribution in [3.05, 3.63) is 126 Å². The fraction of sp³-hybridized carbons (Fsp3) is 0.0882. The van der Waals surface area contributed by atoms with Gasteiger partial charge in [0.1, 0.15) is 11.5 Å². The van der Waals surface area contributed by atoms with Crippen LogP contribution in [-0.4, -0.2) is 25.2 Å². The summed E-state index contributed by atoms with van der Waals surface area (Å²) in [5, 5.41) is 16.8. The second-order valence-electron chi connectivity index (χ2n) is 10.1. The van der Waals surface area contributed by atoms with E-state index in [1.54, 1.807) is 0 Å². The zero-order chi connectivity index (χ0) is 30.9. The first kappa shape index (κ1) is 30.8. The molecule has 6 rings (SSSR count). The molecule has 0 radical (unpaired) electrons. The number of fused-ring (bicyclic) bond motifs is 3. The zero-order valence-electron chi connectivity index (χ0n) is 23.0. The molecule has 0 aliphatic carbocycles. The summed E-state index contributed by atoms with van der Waals surface area (Å²) >= 11 is -11.2. The molecule has 6 aromatic rings. The van der Waals surface area contributed by atoms with Crippen molar-refractivity contribution in [2.75, 3.05) is 5.75 Å². The minimum absolute atomic E-state index is 0.0890. The van der Waals surface area contributed by atoms with E-state index in [-0.39, 0.29) is 10.9 Å². The van der Waals surface area contributed by atoms with Gasteiger partial charge in [-0.3, -0.25) is 0 Å². The van der Waals surface area contributed by atoms with Crippen molar-refractivity contribution in [1.29, 1.82) is 5.26 Å². The predicted molar refractivity (Wildman–Crippen MR) is 168 cm³/mol. The molecule has 0 aromatic heterocycles. The number of hydrogen-bond acceptors (Lipinski definition) is 1. The molecule has 220 valence electrons. The van der Waals surface area contributed by atoms with Crippen LogP contribution in [0.2, 0.25) is 0 Å². The number of rotatable bonds is 5. The third kappa shape index (κ3) is 8.25. The minimum atomic E-state index is -11.2. The Hall–Kier alpha value is -3.66. The van der Waals surface area contributed by atoms with Crippen LogP contribution in [0.25, 0.3) is 43.4 Å². The molecule has 0 bridgehead atoms. The summed E-state index contributed by atoms with van der Waals surface area (Å²) < 4.78 is 59.6. The summed E-state index contributed by atoms with van der Waals surface area (Å²) in [4.78, 5) is 1.39. The fourth-order valence-electron chi connectivity index (χ4n) is 5.13. The molecule has 0 spiro atoms. The van der Waals surface area contributed by atoms with Crippen molar-refractivity contribution in [3.8, 4) is 17.2 Å². The van der Waals surface area contributed by atoms with Gasteiger partial charge in [-0.25, -0.2) is 0 Å². The van der Waals surface area contributed by atoms with Crippen molar-refractivity contribution in [2.45, 2.75) is 17.6 Å². The number of benzene rings is 6. The predicted octanol–water partition coefficient (Wildman–Crippen LogP) is 11.0. The van der Waals surface area contributed by atoms with Gasteiger partial charge in [0, 0.05) is 22.5 Å². The van der Waals surface area contributed by atoms with E-state index >= 15 is 0 Å². The Balaban J connectivity index is 0.000000472. The Morgan fingerprint density at radius 1 is 0.628 bits per heavy atom. The fourth-order valence-corrected chi connectivity index (χ4v) is 6.99. The van der Waals surface area contributed by atoms with Gasteiger partial charge in [-0.15, -0.1) is 0 Å². The van der Waals surface area contributed by atoms with Gasteiger partial charge in [0.15, 0.2) is 4.90 Å². The second kappa shape index (κ2) is 11.1. The standard InChI is InChI=1S/C34H26NS.6FH.Sb/c1-2-36(23-25-16-14-24(22-35)15-17-25)31-12-7-11-29(20-31)34-32-13-6-5-10-28(32)19-30-18-26-8-3-4-9-27(26)21-33(30)34;;;;;;;/h3-21H,2,23H2,1H3;6*1H;/q+1;;;;;;;+5/p-6. The van der Waals surface area contributed by atoms with Gasteiger partial charge >= 0.3 is 36.4 Å². The van der Waals surface area contributed by atoms with Gasteiger partial charge in [0.05, 0.1) is 11.6 Å². The topological polar surface area (TPSA) is 23.8 Å². The van der Waals surface area contributed by atoms with Crippen LogP contribution < -0.4 is 0 Å². The van der Waals surface area contributed by atoms with Crippen LogP contribution in [0.15, 0.2) is 120 Å². The van der Waals surface area contributed by atoms with Crippen molar-refractivity contribution in [1.82, 2.24) is 0 Å². The maximum atomic E-state index is 9.93. The first-order chi connectivity index (χ1) is 20.2. The second-order valence-corrected chi connectivity index (χ2v) is 17.9. The molecule has 0 saturated carbocycles. The van der Waals surface area contributed by atoms with Crippen molar-refractivity contribution in [3.63, 3.8) is 0 Å². The third-order valence-corrected chi connectivity index (χ3v) is 9.26. The van der Waals surface area contributed by atoms with E-state index < -0.39 is 19.5 Å². The summed E-state index contributed by atoms with van der Waals surface area (Å²) in [5.41, 5.74) is 4.59. The Morgan fingerprint density at radius 2 is 1.21 bits per heavy atom. The number of hydrogen-bond donors (Lipinski definition) is 0. The Morgan fingerprint density at radius 3 is 1.84 bits per heavy atom. The van der Waals surface area contributed by atoms with Crippen molar-refractivity contribution >= 4 is 62.7 Å². The molecule has 0 saturated heterocycles. The van der Waals surface area contributed by atoms with Gasteiger partial charge in [-0.05, 0) is 86.8 Å². The first-order valence-electron chi connectivity index (χ1n) is 13.4. The van der Waals surface area contributed by atoms with Gasteiger partial charge in [-0.1, -0.05) is 72.8 Å². The van der Waals surface area contributed by atoms with E-state index in [1.165, 1.54) is 53.9 Å². The number of nitriles is 1. The summed E-state index contributed by atoms with van der Waals surface area (Å²) in [6.07, 6.45) is 0. The van der Waals surface area contributed by atoms with Crippen LogP contribution in [0.3, 0.4) is 0 Å². The quantitative estimate of drug-likeness (QED) is 0.0754. The molecular weight excluding hydrogens is 690 g/mol. The monoisotopic (exact) mass is 715 g/mol. The van der Waals surface area contributed by atoms with Crippen LogP contribution >= 0.6 is 0 Å². The Bertz CT molecular complexity index is 1980. The van der Waals surface area contributed by atoms with E-state index in [1.807, 2.05) is 12.1 Å². The van der Waals surface area contributed by atoms with E-state index in [4.69, 9.17) is 5.26 Å². The molecule has 9 heteroatoms. The van der Waals surface area contributed by atoms with Crippen LogP contribution in [0, 0.1) is 11.3 Å². The summed E-state index contributed by atoms with van der Waals surface area (Å²) in [6, 6.07) is 43.8. The maximum absolute atomic E-state index is 11.2. The Kier molecular flexibility index (Phi) is 7.96. The summed E-state index contributed by atoms with van der Waals surface area (Å²) in [5.74, 6) is 2.08. The normalized spacial score (nSPS) is 13.9. The molecule has 0 amide bonds. The van der Waals surface area contributed by atoms with Crippen LogP contribution in [0.5, 0.6) is 0 Å². The zero-order valence-corrected chi connectivity index (χ0v) is 26.3. The van der Waals surface area contributed by atoms with Crippen LogP contribution in [0.1, 0.15) is 18.1 Å². The van der Waals surface area contributed by atoms with Crippen molar-refractivity contribution in [2.24, 2.45) is 0 Å². The van der Waals surface area contributed by atoms with E-state index in [0.717, 1.165) is 11.5 Å². The molecule has 1 unspecified atom stereocenters.